The number of hydrogen-bond donors (Lipinski definition) is 1. The summed E-state index contributed by atoms with van der Waals surface area (Å²) in [6.45, 7) is 0.483. The van der Waals surface area contributed by atoms with Crippen molar-refractivity contribution in [3.63, 3.8) is 0 Å². The Morgan fingerprint density at radius 3 is 2.42 bits per heavy atom. The van der Waals surface area contributed by atoms with E-state index in [0.29, 0.717) is 0 Å². The Bertz CT molecular complexity index is 680. The topological polar surface area (TPSA) is 108 Å². The zero-order valence-corrected chi connectivity index (χ0v) is 13.1. The van der Waals surface area contributed by atoms with Crippen LogP contribution in [-0.2, 0) is 30.4 Å². The Balaban J connectivity index is 3.34. The lowest BCUT2D eigenvalue weighted by molar-refractivity contribution is -0.142. The van der Waals surface area contributed by atoms with Crippen LogP contribution in [0.5, 0.6) is 5.75 Å². The normalized spacial score (nSPS) is 10.8. The summed E-state index contributed by atoms with van der Waals surface area (Å²) in [5.41, 5.74) is -1.00. The molecule has 0 saturated heterocycles. The van der Waals surface area contributed by atoms with Gasteiger partial charge < -0.3 is 24.1 Å². The van der Waals surface area contributed by atoms with E-state index in [1.165, 1.54) is 7.11 Å². The van der Waals surface area contributed by atoms with E-state index in [0.717, 1.165) is 32.4 Å². The van der Waals surface area contributed by atoms with Crippen LogP contribution < -0.4 is 4.74 Å². The molecule has 0 aliphatic carbocycles. The molecule has 0 aliphatic heterocycles. The number of carboxylic acids is 1. The number of ether oxygens (including phenoxy) is 4. The lowest BCUT2D eigenvalue weighted by Crippen LogP contribution is -2.15. The van der Waals surface area contributed by atoms with Crippen LogP contribution in [0.25, 0.3) is 0 Å². The summed E-state index contributed by atoms with van der Waals surface area (Å²) < 4.78 is 32.9. The summed E-state index contributed by atoms with van der Waals surface area (Å²) in [6.07, 6.45) is 0.895. The minimum Gasteiger partial charge on any atom is -0.500 e. The molecule has 1 rings (SSSR count). The van der Waals surface area contributed by atoms with E-state index in [1.54, 1.807) is 0 Å². The molecule has 0 unspecified atom stereocenters. The molecular formula is C15H15FO8. The van der Waals surface area contributed by atoms with Gasteiger partial charge in [0, 0.05) is 12.5 Å². The summed E-state index contributed by atoms with van der Waals surface area (Å²) in [6, 6.07) is 1.94. The third kappa shape index (κ3) is 4.70. The third-order valence-corrected chi connectivity index (χ3v) is 2.68. The molecule has 0 amide bonds. The monoisotopic (exact) mass is 342 g/mol. The second-order valence-corrected chi connectivity index (χ2v) is 4.30. The van der Waals surface area contributed by atoms with E-state index in [-0.39, 0.29) is 5.75 Å². The van der Waals surface area contributed by atoms with Gasteiger partial charge in [0.2, 0.25) is 5.76 Å². The van der Waals surface area contributed by atoms with Gasteiger partial charge in [0.1, 0.15) is 30.0 Å². The zero-order valence-electron chi connectivity index (χ0n) is 13.1. The number of hydrogen-bond acceptors (Lipinski definition) is 7. The van der Waals surface area contributed by atoms with E-state index in [2.05, 4.69) is 14.2 Å². The first-order chi connectivity index (χ1) is 11.3. The van der Waals surface area contributed by atoms with Crippen molar-refractivity contribution >= 4 is 17.9 Å². The van der Waals surface area contributed by atoms with Crippen LogP contribution in [-0.4, -0.2) is 37.2 Å². The highest BCUT2D eigenvalue weighted by molar-refractivity contribution is 5.93. The largest absolute Gasteiger partial charge is 0.500 e. The molecule has 130 valence electrons. The van der Waals surface area contributed by atoms with Crippen LogP contribution >= 0.6 is 0 Å². The quantitative estimate of drug-likeness (QED) is 0.452. The minimum atomic E-state index is -1.53. The van der Waals surface area contributed by atoms with E-state index < -0.39 is 47.2 Å². The number of aromatic carboxylic acids is 1. The molecule has 9 heteroatoms. The van der Waals surface area contributed by atoms with Crippen LogP contribution in [0.1, 0.15) is 22.8 Å². The second kappa shape index (κ2) is 8.51. The molecule has 0 atom stereocenters. The van der Waals surface area contributed by atoms with Gasteiger partial charge in [-0.25, -0.2) is 14.0 Å². The molecule has 8 nitrogen and oxygen atoms in total. The Morgan fingerprint density at radius 2 is 1.92 bits per heavy atom. The van der Waals surface area contributed by atoms with Crippen LogP contribution in [0.2, 0.25) is 0 Å². The van der Waals surface area contributed by atoms with E-state index >= 15 is 0 Å². The summed E-state index contributed by atoms with van der Waals surface area (Å²) in [5.74, 6) is -4.89. The zero-order chi connectivity index (χ0) is 18.3. The van der Waals surface area contributed by atoms with Gasteiger partial charge in [0.15, 0.2) is 0 Å². The highest BCUT2D eigenvalue weighted by Gasteiger charge is 2.24. The standard InChI is InChI=1S/C15H15FO8/c1-8(17)23-6-9-10(16)4-5-11(13(9)14(18)19)24-12(7-21-2)15(20)22-3/h4-5,7H,6H2,1-3H3,(H,18,19). The van der Waals surface area contributed by atoms with Crippen molar-refractivity contribution < 1.29 is 42.8 Å². The number of rotatable bonds is 7. The molecule has 1 aromatic carbocycles. The fourth-order valence-corrected chi connectivity index (χ4v) is 1.68. The van der Waals surface area contributed by atoms with Crippen molar-refractivity contribution in [2.24, 2.45) is 0 Å². The predicted molar refractivity (Wildman–Crippen MR) is 76.6 cm³/mol. The summed E-state index contributed by atoms with van der Waals surface area (Å²) in [7, 11) is 2.32. The molecule has 0 saturated carbocycles. The number of esters is 2. The van der Waals surface area contributed by atoms with Gasteiger partial charge in [-0.05, 0) is 12.1 Å². The van der Waals surface area contributed by atoms with Gasteiger partial charge in [-0.2, -0.15) is 0 Å². The molecule has 0 fully saturated rings. The molecule has 0 heterocycles. The van der Waals surface area contributed by atoms with Crippen LogP contribution in [0.4, 0.5) is 4.39 Å². The smallest absolute Gasteiger partial charge is 0.377 e. The molecule has 0 spiro atoms. The average Bonchev–Trinajstić information content (AvgIpc) is 2.53. The first-order valence-electron chi connectivity index (χ1n) is 6.49. The first kappa shape index (κ1) is 18.9. The number of methoxy groups -OCH3 is 2. The van der Waals surface area contributed by atoms with Gasteiger partial charge in [-0.3, -0.25) is 4.79 Å². The maximum atomic E-state index is 13.9. The van der Waals surface area contributed by atoms with Crippen LogP contribution in [0.15, 0.2) is 24.2 Å². The SMILES string of the molecule is COC=C(Oc1ccc(F)c(COC(C)=O)c1C(=O)O)C(=O)OC. The molecule has 0 aromatic heterocycles. The summed E-state index contributed by atoms with van der Waals surface area (Å²) in [5, 5.41) is 9.32. The Kier molecular flexibility index (Phi) is 6.72. The van der Waals surface area contributed by atoms with Gasteiger partial charge in [-0.15, -0.1) is 0 Å². The fraction of sp³-hybridized carbons (Fsp3) is 0.267. The first-order valence-corrected chi connectivity index (χ1v) is 6.49. The number of halogens is 1. The number of carboxylic acid groups (broad SMARTS) is 1. The highest BCUT2D eigenvalue weighted by atomic mass is 19.1. The number of carbonyl (C=O) groups is 3. The minimum absolute atomic E-state index is 0.347. The van der Waals surface area contributed by atoms with Crippen molar-refractivity contribution in [1.82, 2.24) is 0 Å². The highest BCUT2D eigenvalue weighted by Crippen LogP contribution is 2.28. The second-order valence-electron chi connectivity index (χ2n) is 4.30. The Hall–Kier alpha value is -3.10. The van der Waals surface area contributed by atoms with E-state index in [9.17, 15) is 23.9 Å². The van der Waals surface area contributed by atoms with Crippen molar-refractivity contribution in [1.29, 1.82) is 0 Å². The third-order valence-electron chi connectivity index (χ3n) is 2.68. The number of benzene rings is 1. The fourth-order valence-electron chi connectivity index (χ4n) is 1.68. The van der Waals surface area contributed by atoms with Crippen molar-refractivity contribution in [2.45, 2.75) is 13.5 Å². The number of carbonyl (C=O) groups excluding carboxylic acids is 2. The maximum Gasteiger partial charge on any atom is 0.377 e. The van der Waals surface area contributed by atoms with Gasteiger partial charge in [0.25, 0.3) is 0 Å². The van der Waals surface area contributed by atoms with Gasteiger partial charge >= 0.3 is 17.9 Å². The maximum absolute atomic E-state index is 13.9. The lowest BCUT2D eigenvalue weighted by Gasteiger charge is -2.14. The molecule has 1 N–H and O–H groups in total. The molecule has 0 aliphatic rings. The van der Waals surface area contributed by atoms with Crippen LogP contribution in [0, 0.1) is 5.82 Å². The predicted octanol–water partition coefficient (Wildman–Crippen LogP) is 1.63. The molecular weight excluding hydrogens is 327 g/mol. The van der Waals surface area contributed by atoms with E-state index in [1.807, 2.05) is 0 Å². The summed E-state index contributed by atoms with van der Waals surface area (Å²) in [4.78, 5) is 33.9. The summed E-state index contributed by atoms with van der Waals surface area (Å²) >= 11 is 0. The van der Waals surface area contributed by atoms with Gasteiger partial charge in [-0.1, -0.05) is 0 Å². The molecule has 0 bridgehead atoms. The van der Waals surface area contributed by atoms with Crippen molar-refractivity contribution in [3.8, 4) is 5.75 Å². The average molecular weight is 342 g/mol. The lowest BCUT2D eigenvalue weighted by atomic mass is 10.1. The Labute approximate surface area is 136 Å². The molecule has 24 heavy (non-hydrogen) atoms. The van der Waals surface area contributed by atoms with Crippen molar-refractivity contribution in [2.75, 3.05) is 14.2 Å². The Morgan fingerprint density at radius 1 is 1.25 bits per heavy atom. The van der Waals surface area contributed by atoms with Crippen molar-refractivity contribution in [3.05, 3.63) is 41.1 Å². The van der Waals surface area contributed by atoms with Crippen LogP contribution in [0.3, 0.4) is 0 Å². The molecule has 0 radical (unpaired) electrons. The molecule has 1 aromatic rings. The van der Waals surface area contributed by atoms with E-state index in [4.69, 9.17) is 4.74 Å². The van der Waals surface area contributed by atoms with Gasteiger partial charge in [0.05, 0.1) is 14.2 Å².